The fourth-order valence-electron chi connectivity index (χ4n) is 7.84. The quantitative estimate of drug-likeness (QED) is 0.450. The monoisotopic (exact) mass is 499 g/mol. The highest BCUT2D eigenvalue weighted by molar-refractivity contribution is 5.38. The molecule has 6 nitrogen and oxygen atoms in total. The topological polar surface area (TPSA) is 49.4 Å². The van der Waals surface area contributed by atoms with Gasteiger partial charge in [-0.15, -0.1) is 0 Å². The van der Waals surface area contributed by atoms with Gasteiger partial charge in [-0.3, -0.25) is 4.90 Å². The van der Waals surface area contributed by atoms with Crippen LogP contribution in [0.5, 0.6) is 5.75 Å². The highest BCUT2D eigenvalue weighted by Gasteiger charge is 2.63. The number of ether oxygens (including phenoxy) is 3. The summed E-state index contributed by atoms with van der Waals surface area (Å²) in [6.45, 7) is 9.79. The molecule has 2 aliphatic heterocycles. The molecule has 3 unspecified atom stereocenters. The number of rotatable bonds is 6. The van der Waals surface area contributed by atoms with Crippen LogP contribution >= 0.6 is 0 Å². The molecular weight excluding hydrogens is 454 g/mol. The fraction of sp³-hybridized carbons (Fsp3) is 0.800. The number of hydrogen-bond donors (Lipinski definition) is 0. The third kappa shape index (κ3) is 4.84. The van der Waals surface area contributed by atoms with E-state index < -0.39 is 11.6 Å². The molecule has 5 fully saturated rings. The maximum atomic E-state index is 7.04. The zero-order valence-electron chi connectivity index (χ0n) is 22.3. The number of morpholine rings is 1. The first-order valence-electron chi connectivity index (χ1n) is 14.7. The zero-order valence-corrected chi connectivity index (χ0v) is 22.3. The van der Waals surface area contributed by atoms with Crippen LogP contribution in [0.3, 0.4) is 0 Å². The standard InChI is InChI=1S/C30H45NO5/c1-3-26-19-23-6-4-8-27(20-23)30(26)34-29(35-36-30)11-5-7-25(21-29)24-9-10-28(22(2)18-24)33-17-14-31-12-15-32-16-13-31/h9-10,18,23,25-27H,3-8,11-17,19-21H2,1-2H3/t23?,25-,26?,27?,29-,30+/m1/s1. The van der Waals surface area contributed by atoms with Crippen molar-refractivity contribution in [1.82, 2.24) is 4.90 Å². The number of benzene rings is 1. The SMILES string of the molecule is CCC1CC2CCCC(C2)[C@@]12OO[C@@]1(CCC[C@@H](c3ccc(OCCN4CCOCC4)c(C)c3)C1)O2. The maximum Gasteiger partial charge on any atom is 0.210 e. The van der Waals surface area contributed by atoms with E-state index in [1.807, 2.05) is 0 Å². The van der Waals surface area contributed by atoms with Gasteiger partial charge in [-0.05, 0) is 74.5 Å². The van der Waals surface area contributed by atoms with E-state index in [0.717, 1.165) is 70.2 Å². The molecule has 6 rings (SSSR count). The summed E-state index contributed by atoms with van der Waals surface area (Å²) in [6.07, 6.45) is 11.5. The molecule has 3 aliphatic carbocycles. The first kappa shape index (κ1) is 25.1. The molecule has 6 heteroatoms. The minimum atomic E-state index is -0.595. The highest BCUT2D eigenvalue weighted by atomic mass is 17.3. The van der Waals surface area contributed by atoms with Crippen molar-refractivity contribution in [2.24, 2.45) is 17.8 Å². The first-order chi connectivity index (χ1) is 17.6. The lowest BCUT2D eigenvalue weighted by Gasteiger charge is -2.50. The molecule has 0 N–H and O–H groups in total. The summed E-state index contributed by atoms with van der Waals surface area (Å²) < 4.78 is 18.6. The van der Waals surface area contributed by atoms with Crippen LogP contribution in [-0.2, 0) is 19.2 Å². The Morgan fingerprint density at radius 1 is 1.06 bits per heavy atom. The average molecular weight is 500 g/mol. The van der Waals surface area contributed by atoms with Crippen molar-refractivity contribution in [3.8, 4) is 5.75 Å². The van der Waals surface area contributed by atoms with Crippen molar-refractivity contribution < 1.29 is 24.0 Å². The second-order valence-corrected chi connectivity index (χ2v) is 12.1. The van der Waals surface area contributed by atoms with Crippen LogP contribution in [0.25, 0.3) is 0 Å². The summed E-state index contributed by atoms with van der Waals surface area (Å²) in [5.41, 5.74) is 2.58. The molecule has 5 aliphatic rings. The van der Waals surface area contributed by atoms with Gasteiger partial charge in [0.2, 0.25) is 11.6 Å². The molecule has 2 bridgehead atoms. The van der Waals surface area contributed by atoms with Crippen LogP contribution in [0.1, 0.15) is 88.2 Å². The number of fused-ring (bicyclic) bond motifs is 3. The minimum Gasteiger partial charge on any atom is -0.492 e. The molecule has 3 saturated carbocycles. The predicted molar refractivity (Wildman–Crippen MR) is 138 cm³/mol. The Morgan fingerprint density at radius 3 is 2.78 bits per heavy atom. The molecule has 0 amide bonds. The second kappa shape index (κ2) is 10.5. The summed E-state index contributed by atoms with van der Waals surface area (Å²) in [6, 6.07) is 6.74. The van der Waals surface area contributed by atoms with Crippen molar-refractivity contribution in [3.05, 3.63) is 29.3 Å². The number of aryl methyl sites for hydroxylation is 1. The maximum absolute atomic E-state index is 7.04. The van der Waals surface area contributed by atoms with Crippen LogP contribution in [0.2, 0.25) is 0 Å². The zero-order chi connectivity index (χ0) is 24.6. The Morgan fingerprint density at radius 2 is 1.94 bits per heavy atom. The highest BCUT2D eigenvalue weighted by Crippen LogP contribution is 2.59. The minimum absolute atomic E-state index is 0.418. The molecule has 0 radical (unpaired) electrons. The van der Waals surface area contributed by atoms with E-state index in [1.165, 1.54) is 49.7 Å². The van der Waals surface area contributed by atoms with E-state index >= 15 is 0 Å². The second-order valence-electron chi connectivity index (χ2n) is 12.1. The van der Waals surface area contributed by atoms with Gasteiger partial charge in [0.05, 0.1) is 13.2 Å². The van der Waals surface area contributed by atoms with Gasteiger partial charge in [-0.1, -0.05) is 31.9 Å². The average Bonchev–Trinajstić information content (AvgIpc) is 3.27. The lowest BCUT2D eigenvalue weighted by molar-refractivity contribution is -0.381. The smallest absolute Gasteiger partial charge is 0.210 e. The number of nitrogens with zero attached hydrogens (tertiary/aromatic N) is 1. The van der Waals surface area contributed by atoms with E-state index in [1.54, 1.807) is 0 Å². The van der Waals surface area contributed by atoms with Crippen molar-refractivity contribution >= 4 is 0 Å². The molecule has 0 aromatic heterocycles. The molecule has 2 heterocycles. The fourth-order valence-corrected chi connectivity index (χ4v) is 7.84. The Hall–Kier alpha value is -1.18. The van der Waals surface area contributed by atoms with Crippen LogP contribution in [-0.4, -0.2) is 55.9 Å². The van der Waals surface area contributed by atoms with Gasteiger partial charge in [-0.25, -0.2) is 0 Å². The Labute approximate surface area is 216 Å². The van der Waals surface area contributed by atoms with Crippen LogP contribution in [0, 0.1) is 24.7 Å². The first-order valence-corrected chi connectivity index (χ1v) is 14.7. The molecule has 2 saturated heterocycles. The van der Waals surface area contributed by atoms with Gasteiger partial charge in [-0.2, -0.15) is 9.78 Å². The van der Waals surface area contributed by atoms with E-state index in [9.17, 15) is 0 Å². The van der Waals surface area contributed by atoms with Gasteiger partial charge in [0.25, 0.3) is 0 Å². The summed E-state index contributed by atoms with van der Waals surface area (Å²) in [7, 11) is 0. The van der Waals surface area contributed by atoms with E-state index in [2.05, 4.69) is 36.9 Å². The third-order valence-electron chi connectivity index (χ3n) is 9.81. The summed E-state index contributed by atoms with van der Waals surface area (Å²) in [5, 5.41) is 0. The normalized spacial score (nSPS) is 39.1. The molecule has 200 valence electrons. The molecule has 2 spiro atoms. The van der Waals surface area contributed by atoms with Crippen molar-refractivity contribution in [2.45, 2.75) is 95.5 Å². The van der Waals surface area contributed by atoms with Crippen molar-refractivity contribution in [3.63, 3.8) is 0 Å². The van der Waals surface area contributed by atoms with Gasteiger partial charge in [0, 0.05) is 44.3 Å². The number of hydrogen-bond acceptors (Lipinski definition) is 6. The van der Waals surface area contributed by atoms with E-state index in [0.29, 0.717) is 24.4 Å². The molecule has 6 atom stereocenters. The van der Waals surface area contributed by atoms with E-state index in [-0.39, 0.29) is 0 Å². The van der Waals surface area contributed by atoms with Gasteiger partial charge in [0.15, 0.2) is 0 Å². The van der Waals surface area contributed by atoms with Gasteiger partial charge < -0.3 is 14.2 Å². The van der Waals surface area contributed by atoms with Crippen LogP contribution in [0.15, 0.2) is 18.2 Å². The largest absolute Gasteiger partial charge is 0.492 e. The van der Waals surface area contributed by atoms with Crippen molar-refractivity contribution in [1.29, 1.82) is 0 Å². The van der Waals surface area contributed by atoms with Crippen LogP contribution < -0.4 is 4.74 Å². The van der Waals surface area contributed by atoms with E-state index in [4.69, 9.17) is 24.0 Å². The lowest BCUT2D eigenvalue weighted by atomic mass is 9.63. The third-order valence-corrected chi connectivity index (χ3v) is 9.81. The Bertz CT molecular complexity index is 899. The predicted octanol–water partition coefficient (Wildman–Crippen LogP) is 5.97. The van der Waals surface area contributed by atoms with Gasteiger partial charge >= 0.3 is 0 Å². The molecule has 1 aromatic rings. The van der Waals surface area contributed by atoms with Crippen LogP contribution in [0.4, 0.5) is 0 Å². The van der Waals surface area contributed by atoms with Gasteiger partial charge in [0.1, 0.15) is 12.4 Å². The lowest BCUT2D eigenvalue weighted by Crippen LogP contribution is -2.54. The molecule has 1 aromatic carbocycles. The molecular formula is C30H45NO5. The summed E-state index contributed by atoms with van der Waals surface area (Å²) in [5.74, 6) is 2.06. The van der Waals surface area contributed by atoms with Crippen molar-refractivity contribution in [2.75, 3.05) is 39.5 Å². The molecule has 36 heavy (non-hydrogen) atoms. The Kier molecular flexibility index (Phi) is 7.35. The summed E-state index contributed by atoms with van der Waals surface area (Å²) in [4.78, 5) is 15.0. The Balaban J connectivity index is 1.11. The summed E-state index contributed by atoms with van der Waals surface area (Å²) >= 11 is 0.